The summed E-state index contributed by atoms with van der Waals surface area (Å²) in [5.41, 5.74) is 4.20. The smallest absolute Gasteiger partial charge is 0.289 e. The Morgan fingerprint density at radius 3 is 2.26 bits per heavy atom. The average molecular weight is 471 g/mol. The fraction of sp³-hybridized carbons (Fsp3) is 0.286. The Morgan fingerprint density at radius 1 is 0.914 bits per heavy atom. The van der Waals surface area contributed by atoms with Gasteiger partial charge >= 0.3 is 0 Å². The van der Waals surface area contributed by atoms with Gasteiger partial charge in [-0.15, -0.1) is 0 Å². The first-order valence-electron chi connectivity index (χ1n) is 11.9. The third-order valence-corrected chi connectivity index (χ3v) is 6.60. The molecule has 2 aliphatic heterocycles. The van der Waals surface area contributed by atoms with Crippen LogP contribution in [-0.2, 0) is 9.53 Å². The highest BCUT2D eigenvalue weighted by Crippen LogP contribution is 2.32. The molecule has 0 bridgehead atoms. The Balaban J connectivity index is 1.17. The second kappa shape index (κ2) is 10.2. The van der Waals surface area contributed by atoms with Crippen molar-refractivity contribution in [3.8, 4) is 16.9 Å². The minimum Gasteiger partial charge on any atom is -0.484 e. The topological polar surface area (TPSA) is 69.1 Å². The van der Waals surface area contributed by atoms with Crippen LogP contribution >= 0.6 is 0 Å². The third-order valence-electron chi connectivity index (χ3n) is 6.60. The number of amides is 1. The molecule has 180 valence electrons. The van der Waals surface area contributed by atoms with Crippen LogP contribution in [0.4, 0.5) is 5.69 Å². The van der Waals surface area contributed by atoms with Crippen molar-refractivity contribution in [1.29, 1.82) is 5.41 Å². The molecule has 3 aromatic carbocycles. The summed E-state index contributed by atoms with van der Waals surface area (Å²) >= 11 is 0. The van der Waals surface area contributed by atoms with E-state index in [9.17, 15) is 4.79 Å². The molecule has 2 fully saturated rings. The molecule has 0 aliphatic carbocycles. The first-order valence-corrected chi connectivity index (χ1v) is 11.9. The number of piperazine rings is 1. The summed E-state index contributed by atoms with van der Waals surface area (Å²) in [5.74, 6) is 0.668. The number of nitrogens with zero attached hydrogens (tertiary/aromatic N) is 3. The number of ether oxygens (including phenoxy) is 2. The van der Waals surface area contributed by atoms with Gasteiger partial charge in [-0.1, -0.05) is 54.6 Å². The molecule has 0 spiro atoms. The van der Waals surface area contributed by atoms with Gasteiger partial charge in [-0.25, -0.2) is 0 Å². The number of amidine groups is 1. The lowest BCUT2D eigenvalue weighted by Crippen LogP contribution is -2.48. The Kier molecular flexibility index (Phi) is 6.68. The largest absolute Gasteiger partial charge is 0.484 e. The van der Waals surface area contributed by atoms with E-state index in [2.05, 4.69) is 36.2 Å². The molecule has 2 saturated heterocycles. The van der Waals surface area contributed by atoms with Gasteiger partial charge in [0, 0.05) is 31.9 Å². The maximum atomic E-state index is 12.4. The van der Waals surface area contributed by atoms with Crippen LogP contribution in [0.5, 0.6) is 5.75 Å². The van der Waals surface area contributed by atoms with Crippen LogP contribution in [0.3, 0.4) is 0 Å². The lowest BCUT2D eigenvalue weighted by molar-refractivity contribution is -0.134. The van der Waals surface area contributed by atoms with Gasteiger partial charge < -0.3 is 19.3 Å². The van der Waals surface area contributed by atoms with Gasteiger partial charge in [0.25, 0.3) is 11.9 Å². The maximum absolute atomic E-state index is 12.4. The van der Waals surface area contributed by atoms with E-state index in [4.69, 9.17) is 14.9 Å². The SMILES string of the molecule is CN1CCN(C(=O)COc2ccc(C3CN(c4ccc(-c5ccccc5)cc4)C(=N)O3)cc2)CC1. The fourth-order valence-electron chi connectivity index (χ4n) is 4.42. The van der Waals surface area contributed by atoms with Crippen molar-refractivity contribution in [2.75, 3.05) is 51.3 Å². The molecule has 7 heteroatoms. The molecule has 2 heterocycles. The molecule has 0 aromatic heterocycles. The van der Waals surface area contributed by atoms with Gasteiger partial charge in [0.1, 0.15) is 11.9 Å². The van der Waals surface area contributed by atoms with E-state index in [0.29, 0.717) is 12.3 Å². The minimum atomic E-state index is -0.239. The van der Waals surface area contributed by atoms with Crippen LogP contribution in [0.1, 0.15) is 11.7 Å². The van der Waals surface area contributed by atoms with E-state index < -0.39 is 0 Å². The highest BCUT2D eigenvalue weighted by Gasteiger charge is 2.30. The lowest BCUT2D eigenvalue weighted by atomic mass is 10.1. The first-order chi connectivity index (χ1) is 17.1. The number of hydrogen-bond acceptors (Lipinski definition) is 5. The van der Waals surface area contributed by atoms with Gasteiger partial charge in [-0.2, -0.15) is 0 Å². The number of anilines is 1. The van der Waals surface area contributed by atoms with Crippen molar-refractivity contribution < 1.29 is 14.3 Å². The average Bonchev–Trinajstić information content (AvgIpc) is 3.30. The molecule has 35 heavy (non-hydrogen) atoms. The zero-order valence-electron chi connectivity index (χ0n) is 19.9. The molecule has 1 amide bonds. The quantitative estimate of drug-likeness (QED) is 0.589. The molecular weight excluding hydrogens is 440 g/mol. The van der Waals surface area contributed by atoms with Crippen LogP contribution < -0.4 is 9.64 Å². The summed E-state index contributed by atoms with van der Waals surface area (Å²) in [4.78, 5) is 18.3. The number of carbonyl (C=O) groups is 1. The fourth-order valence-corrected chi connectivity index (χ4v) is 4.42. The number of nitrogens with one attached hydrogen (secondary N) is 1. The van der Waals surface area contributed by atoms with Crippen LogP contribution in [0.25, 0.3) is 11.1 Å². The Morgan fingerprint density at radius 2 is 1.57 bits per heavy atom. The maximum Gasteiger partial charge on any atom is 0.289 e. The van der Waals surface area contributed by atoms with Crippen molar-refractivity contribution in [3.63, 3.8) is 0 Å². The molecule has 1 unspecified atom stereocenters. The van der Waals surface area contributed by atoms with Gasteiger partial charge in [0.15, 0.2) is 6.61 Å². The number of likely N-dealkylation sites (N-methyl/N-ethyl adjacent to an activating group) is 1. The molecule has 7 nitrogen and oxygen atoms in total. The zero-order valence-corrected chi connectivity index (χ0v) is 19.9. The normalized spacial score (nSPS) is 18.4. The van der Waals surface area contributed by atoms with Gasteiger partial charge in [-0.3, -0.25) is 15.1 Å². The molecule has 0 saturated carbocycles. The second-order valence-corrected chi connectivity index (χ2v) is 8.98. The summed E-state index contributed by atoms with van der Waals surface area (Å²) in [6.07, 6.45) is -0.239. The van der Waals surface area contributed by atoms with Crippen molar-refractivity contribution in [1.82, 2.24) is 9.80 Å². The van der Waals surface area contributed by atoms with E-state index in [1.807, 2.05) is 64.4 Å². The summed E-state index contributed by atoms with van der Waals surface area (Å²) in [6.45, 7) is 3.88. The molecule has 1 atom stereocenters. The summed E-state index contributed by atoms with van der Waals surface area (Å²) in [6, 6.07) is 26.2. The highest BCUT2D eigenvalue weighted by molar-refractivity contribution is 5.92. The zero-order chi connectivity index (χ0) is 24.2. The second-order valence-electron chi connectivity index (χ2n) is 8.98. The van der Waals surface area contributed by atoms with Crippen molar-refractivity contribution in [2.45, 2.75) is 6.10 Å². The van der Waals surface area contributed by atoms with Crippen molar-refractivity contribution in [2.24, 2.45) is 0 Å². The van der Waals surface area contributed by atoms with Gasteiger partial charge in [0.2, 0.25) is 0 Å². The number of carbonyl (C=O) groups excluding carboxylic acids is 1. The predicted molar refractivity (Wildman–Crippen MR) is 137 cm³/mol. The van der Waals surface area contributed by atoms with E-state index in [0.717, 1.165) is 48.6 Å². The van der Waals surface area contributed by atoms with E-state index in [1.54, 1.807) is 0 Å². The van der Waals surface area contributed by atoms with Crippen LogP contribution in [0.15, 0.2) is 78.9 Å². The number of benzene rings is 3. The monoisotopic (exact) mass is 470 g/mol. The predicted octanol–water partition coefficient (Wildman–Crippen LogP) is 4.02. The minimum absolute atomic E-state index is 0.0173. The van der Waals surface area contributed by atoms with Crippen LogP contribution in [-0.4, -0.2) is 68.1 Å². The molecule has 2 aliphatic rings. The van der Waals surface area contributed by atoms with E-state index >= 15 is 0 Å². The number of hydrogen-bond donors (Lipinski definition) is 1. The third kappa shape index (κ3) is 5.30. The Bertz CT molecular complexity index is 1160. The van der Waals surface area contributed by atoms with E-state index in [1.165, 1.54) is 0 Å². The summed E-state index contributed by atoms with van der Waals surface area (Å²) < 4.78 is 11.6. The van der Waals surface area contributed by atoms with Gasteiger partial charge in [0.05, 0.1) is 6.54 Å². The van der Waals surface area contributed by atoms with Crippen molar-refractivity contribution in [3.05, 3.63) is 84.4 Å². The van der Waals surface area contributed by atoms with Gasteiger partial charge in [-0.05, 0) is 48.0 Å². The van der Waals surface area contributed by atoms with Crippen LogP contribution in [0.2, 0.25) is 0 Å². The molecule has 5 rings (SSSR count). The standard InChI is InChI=1S/C28H30N4O3/c1-30-15-17-31(18-16-30)27(33)20-34-25-13-9-23(10-14-25)26-19-32(28(29)35-26)24-11-7-22(8-12-24)21-5-3-2-4-6-21/h2-14,26,29H,15-20H2,1H3. The Labute approximate surface area is 206 Å². The molecule has 3 aromatic rings. The highest BCUT2D eigenvalue weighted by atomic mass is 16.5. The molecule has 1 N–H and O–H groups in total. The Hall–Kier alpha value is -3.84. The lowest BCUT2D eigenvalue weighted by Gasteiger charge is -2.32. The number of rotatable bonds is 6. The first kappa shape index (κ1) is 22.9. The summed E-state index contributed by atoms with van der Waals surface area (Å²) in [5, 5.41) is 8.34. The van der Waals surface area contributed by atoms with Crippen LogP contribution in [0, 0.1) is 5.41 Å². The molecule has 0 radical (unpaired) electrons. The van der Waals surface area contributed by atoms with E-state index in [-0.39, 0.29) is 24.6 Å². The van der Waals surface area contributed by atoms with Crippen molar-refractivity contribution >= 4 is 17.6 Å². The molecular formula is C28H30N4O3. The summed E-state index contributed by atoms with van der Waals surface area (Å²) in [7, 11) is 2.07.